The van der Waals surface area contributed by atoms with E-state index in [4.69, 9.17) is 9.84 Å². The van der Waals surface area contributed by atoms with E-state index in [1.165, 1.54) is 0 Å². The van der Waals surface area contributed by atoms with Gasteiger partial charge in [-0.15, -0.1) is 0 Å². The van der Waals surface area contributed by atoms with Gasteiger partial charge in [0.2, 0.25) is 0 Å². The van der Waals surface area contributed by atoms with Crippen molar-refractivity contribution in [1.29, 1.82) is 0 Å². The fourth-order valence-electron chi connectivity index (χ4n) is 2.53. The molecule has 0 spiro atoms. The monoisotopic (exact) mass is 413 g/mol. The normalized spacial score (nSPS) is 10.5. The van der Waals surface area contributed by atoms with Crippen LogP contribution in [0.1, 0.15) is 27.0 Å². The first-order chi connectivity index (χ1) is 12.5. The fourth-order valence-corrected chi connectivity index (χ4v) is 3.01. The molecule has 1 heterocycles. The highest BCUT2D eigenvalue weighted by Gasteiger charge is 2.13. The van der Waals surface area contributed by atoms with Crippen molar-refractivity contribution >= 4 is 21.9 Å². The smallest absolute Gasteiger partial charge is 0.335 e. The van der Waals surface area contributed by atoms with Crippen LogP contribution in [0.25, 0.3) is 0 Å². The zero-order valence-corrected chi connectivity index (χ0v) is 15.3. The standard InChI is InChI=1S/C20H16BrNO4/c21-17-18(26-12-14-4-2-1-3-5-14)16(11-22-19(17)23)10-13-6-8-15(9-7-13)20(24)25/h1-9,11H,10,12H2,(H,22,23)(H,24,25). The van der Waals surface area contributed by atoms with E-state index in [2.05, 4.69) is 20.9 Å². The van der Waals surface area contributed by atoms with E-state index in [0.717, 1.165) is 16.7 Å². The molecular weight excluding hydrogens is 398 g/mol. The van der Waals surface area contributed by atoms with Gasteiger partial charge in [0.15, 0.2) is 0 Å². The van der Waals surface area contributed by atoms with Crippen LogP contribution in [-0.4, -0.2) is 16.1 Å². The number of rotatable bonds is 6. The van der Waals surface area contributed by atoms with Gasteiger partial charge in [0.05, 0.1) is 5.56 Å². The van der Waals surface area contributed by atoms with Crippen LogP contribution in [0.4, 0.5) is 0 Å². The maximum absolute atomic E-state index is 11.9. The van der Waals surface area contributed by atoms with Gasteiger partial charge in [-0.3, -0.25) is 4.79 Å². The summed E-state index contributed by atoms with van der Waals surface area (Å²) in [6.45, 7) is 0.341. The minimum Gasteiger partial charge on any atom is -0.487 e. The Morgan fingerprint density at radius 3 is 2.38 bits per heavy atom. The lowest BCUT2D eigenvalue weighted by Gasteiger charge is -2.13. The Bertz CT molecular complexity index is 965. The Morgan fingerprint density at radius 2 is 1.73 bits per heavy atom. The number of H-pyrrole nitrogens is 1. The minimum absolute atomic E-state index is 0.233. The topological polar surface area (TPSA) is 79.4 Å². The molecule has 0 aliphatic rings. The molecule has 2 aromatic carbocycles. The summed E-state index contributed by atoms with van der Waals surface area (Å²) in [5.41, 5.74) is 2.68. The fraction of sp³-hybridized carbons (Fsp3) is 0.100. The molecule has 0 atom stereocenters. The van der Waals surface area contributed by atoms with Gasteiger partial charge in [-0.2, -0.15) is 0 Å². The average molecular weight is 414 g/mol. The molecule has 2 N–H and O–H groups in total. The van der Waals surface area contributed by atoms with Gasteiger partial charge in [0.1, 0.15) is 16.8 Å². The molecule has 132 valence electrons. The lowest BCUT2D eigenvalue weighted by atomic mass is 10.0. The van der Waals surface area contributed by atoms with Crippen LogP contribution >= 0.6 is 15.9 Å². The number of ether oxygens (including phenoxy) is 1. The van der Waals surface area contributed by atoms with Gasteiger partial charge >= 0.3 is 5.97 Å². The molecule has 6 heteroatoms. The van der Waals surface area contributed by atoms with Gasteiger partial charge < -0.3 is 14.8 Å². The Hall–Kier alpha value is -2.86. The zero-order valence-electron chi connectivity index (χ0n) is 13.7. The van der Waals surface area contributed by atoms with Crippen LogP contribution in [0.3, 0.4) is 0 Å². The molecule has 0 fully saturated rings. The summed E-state index contributed by atoms with van der Waals surface area (Å²) in [4.78, 5) is 25.6. The Balaban J connectivity index is 1.85. The highest BCUT2D eigenvalue weighted by molar-refractivity contribution is 9.10. The molecular formula is C20H16BrNO4. The third-order valence-electron chi connectivity index (χ3n) is 3.89. The predicted molar refractivity (Wildman–Crippen MR) is 102 cm³/mol. The van der Waals surface area contributed by atoms with Crippen LogP contribution < -0.4 is 10.3 Å². The molecule has 0 saturated heterocycles. The molecule has 0 amide bonds. The zero-order chi connectivity index (χ0) is 18.5. The van der Waals surface area contributed by atoms with Crippen molar-refractivity contribution in [3.63, 3.8) is 0 Å². The molecule has 5 nitrogen and oxygen atoms in total. The van der Waals surface area contributed by atoms with Crippen LogP contribution in [0.5, 0.6) is 5.75 Å². The maximum Gasteiger partial charge on any atom is 0.335 e. The number of pyridine rings is 1. The van der Waals surface area contributed by atoms with E-state index < -0.39 is 5.97 Å². The number of carbonyl (C=O) groups is 1. The van der Waals surface area contributed by atoms with Gasteiger partial charge in [0.25, 0.3) is 5.56 Å². The summed E-state index contributed by atoms with van der Waals surface area (Å²) in [7, 11) is 0. The minimum atomic E-state index is -0.963. The number of carboxylic acid groups (broad SMARTS) is 1. The van der Waals surface area contributed by atoms with E-state index in [-0.39, 0.29) is 11.1 Å². The highest BCUT2D eigenvalue weighted by atomic mass is 79.9. The number of benzene rings is 2. The van der Waals surface area contributed by atoms with Crippen molar-refractivity contribution in [3.05, 3.63) is 97.9 Å². The predicted octanol–water partition coefficient (Wildman–Crippen LogP) is 4.01. The molecule has 1 aromatic heterocycles. The summed E-state index contributed by atoms with van der Waals surface area (Å²) in [6, 6.07) is 16.3. The lowest BCUT2D eigenvalue weighted by molar-refractivity contribution is 0.0697. The van der Waals surface area contributed by atoms with Crippen molar-refractivity contribution < 1.29 is 14.6 Å². The van der Waals surface area contributed by atoms with Crippen LogP contribution in [0.2, 0.25) is 0 Å². The summed E-state index contributed by atoms with van der Waals surface area (Å²) >= 11 is 3.30. The first kappa shape index (κ1) is 17.9. The number of aromatic carboxylic acids is 1. The Morgan fingerprint density at radius 1 is 1.04 bits per heavy atom. The van der Waals surface area contributed by atoms with Gasteiger partial charge in [-0.05, 0) is 39.2 Å². The molecule has 0 bridgehead atoms. The van der Waals surface area contributed by atoms with Crippen molar-refractivity contribution in [1.82, 2.24) is 4.98 Å². The lowest BCUT2D eigenvalue weighted by Crippen LogP contribution is -2.11. The maximum atomic E-state index is 11.9. The van der Waals surface area contributed by atoms with Crippen LogP contribution in [-0.2, 0) is 13.0 Å². The third kappa shape index (κ3) is 4.21. The van der Waals surface area contributed by atoms with Crippen LogP contribution in [0, 0.1) is 0 Å². The second-order valence-corrected chi connectivity index (χ2v) is 6.53. The Labute approximate surface area is 158 Å². The molecule has 0 aliphatic heterocycles. The molecule has 0 radical (unpaired) electrons. The van der Waals surface area contributed by atoms with E-state index in [1.54, 1.807) is 30.5 Å². The SMILES string of the molecule is O=C(O)c1ccc(Cc2c[nH]c(=O)c(Br)c2OCc2ccccc2)cc1. The number of hydrogen-bond donors (Lipinski definition) is 2. The number of aromatic amines is 1. The van der Waals surface area contributed by atoms with Crippen molar-refractivity contribution in [2.24, 2.45) is 0 Å². The van der Waals surface area contributed by atoms with Crippen molar-refractivity contribution in [2.75, 3.05) is 0 Å². The number of carboxylic acids is 1. The third-order valence-corrected chi connectivity index (χ3v) is 4.61. The number of halogens is 1. The van der Waals surface area contributed by atoms with Gasteiger partial charge in [-0.25, -0.2) is 4.79 Å². The molecule has 3 aromatic rings. The quantitative estimate of drug-likeness (QED) is 0.639. The molecule has 0 unspecified atom stereocenters. The highest BCUT2D eigenvalue weighted by Crippen LogP contribution is 2.28. The molecule has 0 saturated carbocycles. The average Bonchev–Trinajstić information content (AvgIpc) is 2.65. The van der Waals surface area contributed by atoms with E-state index in [9.17, 15) is 9.59 Å². The Kier molecular flexibility index (Phi) is 5.53. The second-order valence-electron chi connectivity index (χ2n) is 5.74. The number of nitrogens with one attached hydrogen (secondary N) is 1. The largest absolute Gasteiger partial charge is 0.487 e. The number of aromatic nitrogens is 1. The number of hydrogen-bond acceptors (Lipinski definition) is 3. The first-order valence-electron chi connectivity index (χ1n) is 7.93. The van der Waals surface area contributed by atoms with E-state index in [1.807, 2.05) is 30.3 Å². The van der Waals surface area contributed by atoms with Gasteiger partial charge in [0, 0.05) is 18.2 Å². The molecule has 3 rings (SSSR count). The molecule has 0 aliphatic carbocycles. The van der Waals surface area contributed by atoms with E-state index in [0.29, 0.717) is 23.2 Å². The molecule has 26 heavy (non-hydrogen) atoms. The summed E-state index contributed by atoms with van der Waals surface area (Å²) in [5.74, 6) is -0.477. The first-order valence-corrected chi connectivity index (χ1v) is 8.73. The van der Waals surface area contributed by atoms with Crippen molar-refractivity contribution in [2.45, 2.75) is 13.0 Å². The van der Waals surface area contributed by atoms with Crippen molar-refractivity contribution in [3.8, 4) is 5.75 Å². The second kappa shape index (κ2) is 8.01. The summed E-state index contributed by atoms with van der Waals surface area (Å²) < 4.78 is 6.25. The summed E-state index contributed by atoms with van der Waals surface area (Å²) in [5, 5.41) is 8.99. The summed E-state index contributed by atoms with van der Waals surface area (Å²) in [6.07, 6.45) is 2.12. The van der Waals surface area contributed by atoms with Crippen LogP contribution in [0.15, 0.2) is 70.1 Å². The van der Waals surface area contributed by atoms with Gasteiger partial charge in [-0.1, -0.05) is 42.5 Å². The van der Waals surface area contributed by atoms with E-state index >= 15 is 0 Å².